The number of benzene rings is 1. The van der Waals surface area contributed by atoms with Gasteiger partial charge in [0.1, 0.15) is 11.8 Å². The van der Waals surface area contributed by atoms with Crippen LogP contribution in [0.3, 0.4) is 0 Å². The molecule has 1 N–H and O–H groups in total. The summed E-state index contributed by atoms with van der Waals surface area (Å²) in [6.45, 7) is 2.51. The van der Waals surface area contributed by atoms with Crippen LogP contribution in [0.5, 0.6) is 5.88 Å². The first-order valence-corrected chi connectivity index (χ1v) is 12.1. The molecule has 1 aromatic carbocycles. The smallest absolute Gasteiger partial charge is 0.257 e. The van der Waals surface area contributed by atoms with E-state index in [1.165, 1.54) is 12.8 Å². The number of aromatic nitrogens is 1. The average Bonchev–Trinajstić information content (AvgIpc) is 3.45. The summed E-state index contributed by atoms with van der Waals surface area (Å²) in [7, 11) is 0. The molecule has 1 aromatic heterocycles. The van der Waals surface area contributed by atoms with Crippen LogP contribution in [-0.2, 0) is 16.1 Å². The summed E-state index contributed by atoms with van der Waals surface area (Å²) in [5, 5.41) is 2.93. The zero-order chi connectivity index (χ0) is 23.7. The molecule has 2 aromatic rings. The number of rotatable bonds is 7. The molecule has 3 amide bonds. The van der Waals surface area contributed by atoms with Gasteiger partial charge in [0.05, 0.1) is 11.3 Å². The molecule has 2 aliphatic heterocycles. The van der Waals surface area contributed by atoms with E-state index in [0.717, 1.165) is 18.4 Å². The van der Waals surface area contributed by atoms with E-state index < -0.39 is 5.66 Å². The van der Waals surface area contributed by atoms with Gasteiger partial charge in [-0.1, -0.05) is 12.1 Å². The van der Waals surface area contributed by atoms with Gasteiger partial charge in [0, 0.05) is 38.2 Å². The van der Waals surface area contributed by atoms with Crippen molar-refractivity contribution in [3.05, 3.63) is 53.7 Å². The number of fused-ring (bicyclic) bond motifs is 3. The van der Waals surface area contributed by atoms with Crippen LogP contribution in [0.25, 0.3) is 0 Å². The summed E-state index contributed by atoms with van der Waals surface area (Å²) < 4.78 is 5.95. The van der Waals surface area contributed by atoms with Crippen LogP contribution in [0.2, 0.25) is 0 Å². The van der Waals surface area contributed by atoms with Crippen molar-refractivity contribution in [1.29, 1.82) is 0 Å². The molecule has 0 radical (unpaired) electrons. The summed E-state index contributed by atoms with van der Waals surface area (Å²) in [4.78, 5) is 46.3. The van der Waals surface area contributed by atoms with Crippen LogP contribution in [0.1, 0.15) is 67.8 Å². The van der Waals surface area contributed by atoms with Crippen molar-refractivity contribution in [2.75, 3.05) is 11.4 Å². The Balaban J connectivity index is 1.21. The molecule has 34 heavy (non-hydrogen) atoms. The van der Waals surface area contributed by atoms with Gasteiger partial charge in [-0.3, -0.25) is 19.3 Å². The molecule has 3 heterocycles. The highest BCUT2D eigenvalue weighted by molar-refractivity contribution is 6.10. The Morgan fingerprint density at radius 3 is 2.82 bits per heavy atom. The molecule has 5 rings (SSSR count). The zero-order valence-corrected chi connectivity index (χ0v) is 19.5. The molecule has 3 aliphatic rings. The van der Waals surface area contributed by atoms with Crippen molar-refractivity contribution < 1.29 is 19.1 Å². The van der Waals surface area contributed by atoms with Crippen molar-refractivity contribution in [2.24, 2.45) is 0 Å². The summed E-state index contributed by atoms with van der Waals surface area (Å²) in [6.07, 6.45) is 7.52. The maximum Gasteiger partial charge on any atom is 0.257 e. The van der Waals surface area contributed by atoms with Gasteiger partial charge in [-0.2, -0.15) is 0 Å². The molecule has 1 aliphatic carbocycles. The molecule has 1 saturated carbocycles. The topological polar surface area (TPSA) is 91.8 Å². The number of carbonyl (C=O) groups is 3. The summed E-state index contributed by atoms with van der Waals surface area (Å²) >= 11 is 0. The number of anilines is 1. The monoisotopic (exact) mass is 462 g/mol. The lowest BCUT2D eigenvalue weighted by Gasteiger charge is -2.48. The molecular weight excluding hydrogens is 432 g/mol. The maximum absolute atomic E-state index is 13.3. The highest BCUT2D eigenvalue weighted by Crippen LogP contribution is 2.43. The summed E-state index contributed by atoms with van der Waals surface area (Å²) in [6, 6.07) is 10.9. The number of carbonyl (C=O) groups excluding carboxylic acids is 3. The highest BCUT2D eigenvalue weighted by Gasteiger charge is 2.52. The van der Waals surface area contributed by atoms with E-state index in [9.17, 15) is 14.4 Å². The van der Waals surface area contributed by atoms with Crippen molar-refractivity contribution in [1.82, 2.24) is 15.2 Å². The lowest BCUT2D eigenvalue weighted by atomic mass is 9.98. The first-order chi connectivity index (χ1) is 16.5. The Bertz CT molecular complexity index is 1110. The number of pyridine rings is 1. The second kappa shape index (κ2) is 9.08. The predicted octanol–water partition coefficient (Wildman–Crippen LogP) is 3.41. The van der Waals surface area contributed by atoms with Crippen molar-refractivity contribution in [2.45, 2.75) is 70.2 Å². The maximum atomic E-state index is 13.3. The van der Waals surface area contributed by atoms with Crippen molar-refractivity contribution in [3.8, 4) is 5.88 Å². The van der Waals surface area contributed by atoms with Crippen molar-refractivity contribution in [3.63, 3.8) is 0 Å². The van der Waals surface area contributed by atoms with E-state index in [-0.39, 0.29) is 36.8 Å². The van der Waals surface area contributed by atoms with Gasteiger partial charge in [0.15, 0.2) is 0 Å². The van der Waals surface area contributed by atoms with Crippen LogP contribution in [0, 0.1) is 0 Å². The number of nitrogens with one attached hydrogen (secondary N) is 1. The van der Waals surface area contributed by atoms with Crippen molar-refractivity contribution >= 4 is 23.4 Å². The van der Waals surface area contributed by atoms with Gasteiger partial charge >= 0.3 is 0 Å². The van der Waals surface area contributed by atoms with Gasteiger partial charge in [0.2, 0.25) is 17.7 Å². The summed E-state index contributed by atoms with van der Waals surface area (Å²) in [5.74, 6) is 0.307. The third-order valence-corrected chi connectivity index (χ3v) is 7.19. The largest absolute Gasteiger partial charge is 0.474 e. The Morgan fingerprint density at radius 2 is 2.00 bits per heavy atom. The highest BCUT2D eigenvalue weighted by atomic mass is 16.5. The second-order valence-electron chi connectivity index (χ2n) is 9.47. The van der Waals surface area contributed by atoms with E-state index in [1.54, 1.807) is 28.1 Å². The number of nitrogens with zero attached hydrogens (tertiary/aromatic N) is 3. The fraction of sp³-hybridized carbons (Fsp3) is 0.462. The van der Waals surface area contributed by atoms with Crippen LogP contribution in [0.4, 0.5) is 5.69 Å². The quantitative estimate of drug-likeness (QED) is 0.681. The van der Waals surface area contributed by atoms with Crippen LogP contribution < -0.4 is 15.0 Å². The Labute approximate surface area is 199 Å². The molecule has 8 nitrogen and oxygen atoms in total. The molecule has 178 valence electrons. The standard InChI is InChI=1S/C26H30N4O4/c1-26-13-10-24(32)30(26)21-9-5-4-8-20(21)25(33)29(26)15-12-22(31)28-17-18-11-14-27-23(16-18)34-19-6-2-3-7-19/h4-5,8-9,11,14,16,19H,2-3,6-7,10,12-13,15,17H2,1H3,(H,28,31). The van der Waals surface area contributed by atoms with Gasteiger partial charge in [-0.25, -0.2) is 4.98 Å². The summed E-state index contributed by atoms with van der Waals surface area (Å²) in [5.41, 5.74) is 1.33. The predicted molar refractivity (Wildman–Crippen MR) is 126 cm³/mol. The van der Waals surface area contributed by atoms with Crippen LogP contribution >= 0.6 is 0 Å². The van der Waals surface area contributed by atoms with Crippen LogP contribution in [-0.4, -0.2) is 45.9 Å². The minimum atomic E-state index is -0.750. The van der Waals surface area contributed by atoms with Gasteiger partial charge in [-0.05, 0) is 62.8 Å². The Morgan fingerprint density at radius 1 is 1.21 bits per heavy atom. The number of amides is 3. The third kappa shape index (κ3) is 4.13. The number of hydrogen-bond donors (Lipinski definition) is 1. The van der Waals surface area contributed by atoms with E-state index in [0.29, 0.717) is 36.5 Å². The SMILES string of the molecule is CC12CCC(=O)N1c1ccccc1C(=O)N2CCC(=O)NCc1ccnc(OC2CCCC2)c1. The first-order valence-electron chi connectivity index (χ1n) is 12.1. The molecule has 1 atom stereocenters. The van der Waals surface area contributed by atoms with Crippen LogP contribution in [0.15, 0.2) is 42.6 Å². The van der Waals surface area contributed by atoms with Gasteiger partial charge in [-0.15, -0.1) is 0 Å². The van der Waals surface area contributed by atoms with Gasteiger partial charge in [0.25, 0.3) is 5.91 Å². The Hall–Kier alpha value is -3.42. The fourth-order valence-electron chi connectivity index (χ4n) is 5.35. The fourth-order valence-corrected chi connectivity index (χ4v) is 5.35. The van der Waals surface area contributed by atoms with E-state index in [4.69, 9.17) is 4.74 Å². The molecule has 8 heteroatoms. The normalized spacial score (nSPS) is 22.0. The first kappa shape index (κ1) is 22.4. The van der Waals surface area contributed by atoms with E-state index >= 15 is 0 Å². The average molecular weight is 463 g/mol. The minimum absolute atomic E-state index is 0.00483. The number of ether oxygens (including phenoxy) is 1. The molecule has 0 spiro atoms. The lowest BCUT2D eigenvalue weighted by molar-refractivity contribution is -0.121. The van der Waals surface area contributed by atoms with Gasteiger partial charge < -0.3 is 15.0 Å². The minimum Gasteiger partial charge on any atom is -0.474 e. The number of hydrogen-bond acceptors (Lipinski definition) is 5. The molecule has 1 unspecified atom stereocenters. The lowest BCUT2D eigenvalue weighted by Crippen LogP contribution is -2.62. The zero-order valence-electron chi connectivity index (χ0n) is 19.5. The Kier molecular flexibility index (Phi) is 5.98. The number of para-hydroxylation sites is 1. The molecular formula is C26H30N4O4. The molecule has 0 bridgehead atoms. The van der Waals surface area contributed by atoms with E-state index in [1.807, 2.05) is 31.2 Å². The third-order valence-electron chi connectivity index (χ3n) is 7.19. The molecule has 2 fully saturated rings. The van der Waals surface area contributed by atoms with E-state index in [2.05, 4.69) is 10.3 Å². The second-order valence-corrected chi connectivity index (χ2v) is 9.47. The molecule has 1 saturated heterocycles.